The van der Waals surface area contributed by atoms with Gasteiger partial charge >= 0.3 is 11.9 Å². The standard InChI is InChI=1S/C20H25N3O5/c1-3-26-19(24)15-5-6-18(21-13-15)23-10-8-22(9-11-23)14-17-16(7-12-28-17)20(25)27-4-2/h5-7,12-13H,3-4,8-11,14H2,1-2H3. The van der Waals surface area contributed by atoms with Crippen LogP contribution in [-0.4, -0.2) is 61.2 Å². The van der Waals surface area contributed by atoms with Crippen molar-refractivity contribution in [2.24, 2.45) is 0 Å². The lowest BCUT2D eigenvalue weighted by atomic mass is 10.2. The summed E-state index contributed by atoms with van der Waals surface area (Å²) in [6.07, 6.45) is 3.07. The molecule has 1 aliphatic heterocycles. The Hall–Kier alpha value is -2.87. The van der Waals surface area contributed by atoms with Crippen LogP contribution < -0.4 is 4.90 Å². The van der Waals surface area contributed by atoms with E-state index in [1.54, 1.807) is 32.2 Å². The molecule has 3 rings (SSSR count). The van der Waals surface area contributed by atoms with E-state index in [0.29, 0.717) is 36.6 Å². The van der Waals surface area contributed by atoms with E-state index >= 15 is 0 Å². The van der Waals surface area contributed by atoms with E-state index in [1.165, 1.54) is 6.26 Å². The van der Waals surface area contributed by atoms with Crippen molar-refractivity contribution in [3.05, 3.63) is 47.5 Å². The molecule has 28 heavy (non-hydrogen) atoms. The Labute approximate surface area is 164 Å². The molecule has 0 aliphatic carbocycles. The first-order valence-electron chi connectivity index (χ1n) is 9.46. The highest BCUT2D eigenvalue weighted by molar-refractivity contribution is 5.90. The number of carbonyl (C=O) groups excluding carboxylic acids is 2. The number of esters is 2. The van der Waals surface area contributed by atoms with Crippen LogP contribution >= 0.6 is 0 Å². The van der Waals surface area contributed by atoms with Crippen molar-refractivity contribution in [1.29, 1.82) is 0 Å². The van der Waals surface area contributed by atoms with Gasteiger partial charge in [-0.25, -0.2) is 14.6 Å². The summed E-state index contributed by atoms with van der Waals surface area (Å²) in [5.41, 5.74) is 0.939. The molecule has 0 bridgehead atoms. The third-order valence-corrected chi connectivity index (χ3v) is 4.56. The van der Waals surface area contributed by atoms with E-state index in [9.17, 15) is 9.59 Å². The smallest absolute Gasteiger partial charge is 0.341 e. The maximum atomic E-state index is 12.0. The molecule has 0 radical (unpaired) electrons. The summed E-state index contributed by atoms with van der Waals surface area (Å²) in [5, 5.41) is 0. The van der Waals surface area contributed by atoms with Crippen molar-refractivity contribution >= 4 is 17.8 Å². The van der Waals surface area contributed by atoms with Gasteiger partial charge in [-0.2, -0.15) is 0 Å². The van der Waals surface area contributed by atoms with E-state index in [4.69, 9.17) is 13.9 Å². The molecule has 2 aromatic rings. The van der Waals surface area contributed by atoms with Gasteiger partial charge in [-0.15, -0.1) is 0 Å². The van der Waals surface area contributed by atoms with Crippen LogP contribution in [0.25, 0.3) is 0 Å². The minimum Gasteiger partial charge on any atom is -0.467 e. The maximum absolute atomic E-state index is 12.0. The Morgan fingerprint density at radius 1 is 1.04 bits per heavy atom. The lowest BCUT2D eigenvalue weighted by Gasteiger charge is -2.35. The largest absolute Gasteiger partial charge is 0.467 e. The summed E-state index contributed by atoms with van der Waals surface area (Å²) >= 11 is 0. The number of ether oxygens (including phenoxy) is 2. The molecule has 8 nitrogen and oxygen atoms in total. The number of piperazine rings is 1. The van der Waals surface area contributed by atoms with Crippen LogP contribution in [0.3, 0.4) is 0 Å². The van der Waals surface area contributed by atoms with E-state index in [1.807, 2.05) is 6.07 Å². The van der Waals surface area contributed by atoms with Gasteiger partial charge in [0, 0.05) is 32.4 Å². The predicted octanol–water partition coefficient (Wildman–Crippen LogP) is 2.35. The Morgan fingerprint density at radius 2 is 1.75 bits per heavy atom. The van der Waals surface area contributed by atoms with Crippen LogP contribution in [0, 0.1) is 0 Å². The zero-order chi connectivity index (χ0) is 19.9. The molecule has 0 amide bonds. The minimum atomic E-state index is -0.359. The van der Waals surface area contributed by atoms with Crippen molar-refractivity contribution in [1.82, 2.24) is 9.88 Å². The number of aromatic nitrogens is 1. The number of anilines is 1. The number of rotatable bonds is 7. The summed E-state index contributed by atoms with van der Waals surface area (Å²) in [6.45, 7) is 8.00. The fraction of sp³-hybridized carbons (Fsp3) is 0.450. The van der Waals surface area contributed by atoms with Gasteiger partial charge in [0.25, 0.3) is 0 Å². The monoisotopic (exact) mass is 387 g/mol. The van der Waals surface area contributed by atoms with Gasteiger partial charge in [0.1, 0.15) is 17.1 Å². The van der Waals surface area contributed by atoms with E-state index in [2.05, 4.69) is 14.8 Å². The number of furan rings is 1. The number of hydrogen-bond acceptors (Lipinski definition) is 8. The predicted molar refractivity (Wildman–Crippen MR) is 102 cm³/mol. The van der Waals surface area contributed by atoms with Gasteiger partial charge in [-0.1, -0.05) is 0 Å². The second-order valence-electron chi connectivity index (χ2n) is 6.37. The molecule has 1 fully saturated rings. The van der Waals surface area contributed by atoms with E-state index < -0.39 is 0 Å². The van der Waals surface area contributed by atoms with Crippen molar-refractivity contribution in [3.63, 3.8) is 0 Å². The lowest BCUT2D eigenvalue weighted by molar-refractivity contribution is 0.0514. The second-order valence-corrected chi connectivity index (χ2v) is 6.37. The molecule has 0 N–H and O–H groups in total. The minimum absolute atomic E-state index is 0.337. The van der Waals surface area contributed by atoms with Crippen LogP contribution in [0.5, 0.6) is 0 Å². The fourth-order valence-electron chi connectivity index (χ4n) is 3.10. The normalized spacial score (nSPS) is 14.7. The SMILES string of the molecule is CCOC(=O)c1ccc(N2CCN(Cc3occc3C(=O)OCC)CC2)nc1. The molecule has 0 unspecified atom stereocenters. The quantitative estimate of drug-likeness (QED) is 0.670. The van der Waals surface area contributed by atoms with Crippen molar-refractivity contribution in [2.45, 2.75) is 20.4 Å². The van der Waals surface area contributed by atoms with Gasteiger partial charge < -0.3 is 18.8 Å². The number of hydrogen-bond donors (Lipinski definition) is 0. The lowest BCUT2D eigenvalue weighted by Crippen LogP contribution is -2.46. The molecule has 0 atom stereocenters. The fourth-order valence-corrected chi connectivity index (χ4v) is 3.10. The second kappa shape index (κ2) is 9.36. The number of carbonyl (C=O) groups is 2. The van der Waals surface area contributed by atoms with Gasteiger partial charge in [0.2, 0.25) is 0 Å². The van der Waals surface area contributed by atoms with Gasteiger partial charge in [0.15, 0.2) is 0 Å². The molecule has 2 aromatic heterocycles. The third-order valence-electron chi connectivity index (χ3n) is 4.56. The third kappa shape index (κ3) is 4.69. The van der Waals surface area contributed by atoms with Crippen molar-refractivity contribution < 1.29 is 23.5 Å². The van der Waals surface area contributed by atoms with E-state index in [0.717, 1.165) is 32.0 Å². The first-order valence-corrected chi connectivity index (χ1v) is 9.46. The average Bonchev–Trinajstić information content (AvgIpc) is 3.17. The highest BCUT2D eigenvalue weighted by Gasteiger charge is 2.22. The molecular formula is C20H25N3O5. The Kier molecular flexibility index (Phi) is 6.65. The topological polar surface area (TPSA) is 85.1 Å². The number of pyridine rings is 1. The van der Waals surface area contributed by atoms with Gasteiger partial charge in [0.05, 0.1) is 31.6 Å². The highest BCUT2D eigenvalue weighted by Crippen LogP contribution is 2.18. The number of nitrogens with zero attached hydrogens (tertiary/aromatic N) is 3. The summed E-state index contributed by atoms with van der Waals surface area (Å²) in [7, 11) is 0. The Bertz CT molecular complexity index is 794. The van der Waals surface area contributed by atoms with Crippen LogP contribution in [0.15, 0.2) is 35.1 Å². The van der Waals surface area contributed by atoms with Gasteiger partial charge in [-0.05, 0) is 32.0 Å². The molecule has 0 saturated carbocycles. The zero-order valence-electron chi connectivity index (χ0n) is 16.2. The van der Waals surface area contributed by atoms with Crippen molar-refractivity contribution in [3.8, 4) is 0 Å². The summed E-state index contributed by atoms with van der Waals surface area (Å²) in [6, 6.07) is 5.23. The first-order chi connectivity index (χ1) is 13.6. The molecule has 0 aromatic carbocycles. The highest BCUT2D eigenvalue weighted by atomic mass is 16.5. The van der Waals surface area contributed by atoms with Crippen molar-refractivity contribution in [2.75, 3.05) is 44.3 Å². The molecule has 8 heteroatoms. The summed E-state index contributed by atoms with van der Waals surface area (Å²) in [4.78, 5) is 32.5. The zero-order valence-corrected chi connectivity index (χ0v) is 16.2. The maximum Gasteiger partial charge on any atom is 0.341 e. The molecule has 1 saturated heterocycles. The Morgan fingerprint density at radius 3 is 2.39 bits per heavy atom. The Balaban J connectivity index is 1.54. The summed E-state index contributed by atoms with van der Waals surface area (Å²) < 4.78 is 15.5. The average molecular weight is 387 g/mol. The first kappa shape index (κ1) is 19.9. The summed E-state index contributed by atoms with van der Waals surface area (Å²) in [5.74, 6) is 0.750. The molecule has 1 aliphatic rings. The molecule has 0 spiro atoms. The van der Waals surface area contributed by atoms with Gasteiger partial charge in [-0.3, -0.25) is 4.90 Å². The molecule has 150 valence electrons. The van der Waals surface area contributed by atoms with Crippen LogP contribution in [0.2, 0.25) is 0 Å². The van der Waals surface area contributed by atoms with E-state index in [-0.39, 0.29) is 11.9 Å². The van der Waals surface area contributed by atoms with Crippen LogP contribution in [0.4, 0.5) is 5.82 Å². The van der Waals surface area contributed by atoms with Crippen LogP contribution in [-0.2, 0) is 16.0 Å². The molecule has 3 heterocycles. The van der Waals surface area contributed by atoms with Crippen LogP contribution in [0.1, 0.15) is 40.3 Å². The molecular weight excluding hydrogens is 362 g/mol.